The van der Waals surface area contributed by atoms with Gasteiger partial charge >= 0.3 is 5.97 Å². The van der Waals surface area contributed by atoms with Crippen molar-refractivity contribution in [3.05, 3.63) is 35.9 Å². The molecular formula is C15H21NO2. The summed E-state index contributed by atoms with van der Waals surface area (Å²) >= 11 is 0. The van der Waals surface area contributed by atoms with E-state index >= 15 is 0 Å². The summed E-state index contributed by atoms with van der Waals surface area (Å²) in [6, 6.07) is 10.8. The van der Waals surface area contributed by atoms with Crippen LogP contribution in [-0.4, -0.2) is 29.1 Å². The average molecular weight is 247 g/mol. The Bertz CT molecular complexity index is 391. The zero-order valence-corrected chi connectivity index (χ0v) is 10.9. The smallest absolute Gasteiger partial charge is 0.307 e. The van der Waals surface area contributed by atoms with Crippen molar-refractivity contribution in [3.63, 3.8) is 0 Å². The lowest BCUT2D eigenvalue weighted by molar-refractivity contribution is -0.144. The van der Waals surface area contributed by atoms with E-state index in [0.717, 1.165) is 25.8 Å². The third-order valence-electron chi connectivity index (χ3n) is 3.81. The molecule has 1 aromatic rings. The van der Waals surface area contributed by atoms with Gasteiger partial charge < -0.3 is 5.11 Å². The van der Waals surface area contributed by atoms with E-state index in [1.165, 1.54) is 5.56 Å². The standard InChI is InChI=1S/C15H21NO2/c1-2-14(12-7-4-3-5-8-12)16-10-6-9-13(11-16)15(17)18/h3-5,7-8,13-14H,2,6,9-11H2,1H3,(H,17,18). The number of nitrogens with zero attached hydrogens (tertiary/aromatic N) is 1. The highest BCUT2D eigenvalue weighted by Crippen LogP contribution is 2.29. The first-order valence-electron chi connectivity index (χ1n) is 6.74. The molecule has 2 atom stereocenters. The second kappa shape index (κ2) is 6.01. The van der Waals surface area contributed by atoms with Crippen molar-refractivity contribution in [3.8, 4) is 0 Å². The molecule has 0 amide bonds. The van der Waals surface area contributed by atoms with Gasteiger partial charge in [0.05, 0.1) is 5.92 Å². The van der Waals surface area contributed by atoms with Crippen molar-refractivity contribution in [1.29, 1.82) is 0 Å². The molecule has 0 bridgehead atoms. The van der Waals surface area contributed by atoms with Crippen LogP contribution in [0.25, 0.3) is 0 Å². The minimum Gasteiger partial charge on any atom is -0.481 e. The average Bonchev–Trinajstić information content (AvgIpc) is 2.41. The molecular weight excluding hydrogens is 226 g/mol. The van der Waals surface area contributed by atoms with Crippen molar-refractivity contribution < 1.29 is 9.90 Å². The van der Waals surface area contributed by atoms with Crippen LogP contribution in [0.4, 0.5) is 0 Å². The fraction of sp³-hybridized carbons (Fsp3) is 0.533. The molecule has 1 aliphatic heterocycles. The van der Waals surface area contributed by atoms with Gasteiger partial charge in [-0.15, -0.1) is 0 Å². The number of carbonyl (C=O) groups is 1. The van der Waals surface area contributed by atoms with Gasteiger partial charge in [0.25, 0.3) is 0 Å². The summed E-state index contributed by atoms with van der Waals surface area (Å²) < 4.78 is 0. The molecule has 0 aromatic heterocycles. The van der Waals surface area contributed by atoms with E-state index < -0.39 is 5.97 Å². The third kappa shape index (κ3) is 2.91. The van der Waals surface area contributed by atoms with Gasteiger partial charge in [0.15, 0.2) is 0 Å². The molecule has 0 radical (unpaired) electrons. The molecule has 1 N–H and O–H groups in total. The summed E-state index contributed by atoms with van der Waals surface area (Å²) in [5, 5.41) is 9.15. The molecule has 18 heavy (non-hydrogen) atoms. The number of carboxylic acids is 1. The molecule has 3 nitrogen and oxygen atoms in total. The van der Waals surface area contributed by atoms with E-state index in [2.05, 4.69) is 36.1 Å². The molecule has 1 aliphatic rings. The molecule has 1 aromatic carbocycles. The Morgan fingerprint density at radius 3 is 2.78 bits per heavy atom. The molecule has 2 unspecified atom stereocenters. The minimum absolute atomic E-state index is 0.198. The molecule has 1 heterocycles. The first-order chi connectivity index (χ1) is 8.72. The molecule has 3 heteroatoms. The van der Waals surface area contributed by atoms with Crippen molar-refractivity contribution >= 4 is 5.97 Å². The summed E-state index contributed by atoms with van der Waals surface area (Å²) in [6.45, 7) is 3.86. The highest BCUT2D eigenvalue weighted by atomic mass is 16.4. The quantitative estimate of drug-likeness (QED) is 0.889. The fourth-order valence-electron chi connectivity index (χ4n) is 2.87. The third-order valence-corrected chi connectivity index (χ3v) is 3.81. The lowest BCUT2D eigenvalue weighted by atomic mass is 9.94. The number of likely N-dealkylation sites (tertiary alicyclic amines) is 1. The van der Waals surface area contributed by atoms with Gasteiger partial charge in [-0.1, -0.05) is 37.3 Å². The molecule has 1 saturated heterocycles. The SMILES string of the molecule is CCC(c1ccccc1)N1CCCC(C(=O)O)C1. The topological polar surface area (TPSA) is 40.5 Å². The van der Waals surface area contributed by atoms with Crippen LogP contribution in [0.2, 0.25) is 0 Å². The summed E-state index contributed by atoms with van der Waals surface area (Å²) in [7, 11) is 0. The zero-order chi connectivity index (χ0) is 13.0. The van der Waals surface area contributed by atoms with Crippen LogP contribution in [0.5, 0.6) is 0 Å². The van der Waals surface area contributed by atoms with Gasteiger partial charge in [0, 0.05) is 12.6 Å². The van der Waals surface area contributed by atoms with Crippen LogP contribution < -0.4 is 0 Å². The Hall–Kier alpha value is -1.35. The number of aliphatic carboxylic acids is 1. The number of hydrogen-bond donors (Lipinski definition) is 1. The number of benzene rings is 1. The molecule has 0 spiro atoms. The second-order valence-corrected chi connectivity index (χ2v) is 5.01. The zero-order valence-electron chi connectivity index (χ0n) is 10.9. The maximum atomic E-state index is 11.1. The first kappa shape index (κ1) is 13.1. The highest BCUT2D eigenvalue weighted by Gasteiger charge is 2.29. The Kier molecular flexibility index (Phi) is 4.37. The summed E-state index contributed by atoms with van der Waals surface area (Å²) in [5.74, 6) is -0.848. The van der Waals surface area contributed by atoms with E-state index in [4.69, 9.17) is 5.11 Å². The number of piperidine rings is 1. The second-order valence-electron chi connectivity index (χ2n) is 5.01. The van der Waals surface area contributed by atoms with Gasteiger partial charge in [-0.05, 0) is 31.4 Å². The van der Waals surface area contributed by atoms with Gasteiger partial charge in [0.1, 0.15) is 0 Å². The maximum absolute atomic E-state index is 11.1. The Balaban J connectivity index is 2.11. The van der Waals surface area contributed by atoms with Crippen LogP contribution in [0.3, 0.4) is 0 Å². The summed E-state index contributed by atoms with van der Waals surface area (Å²) in [6.07, 6.45) is 2.83. The van der Waals surface area contributed by atoms with Crippen LogP contribution in [0.15, 0.2) is 30.3 Å². The number of carboxylic acid groups (broad SMARTS) is 1. The molecule has 1 fully saturated rings. The van der Waals surface area contributed by atoms with Crippen LogP contribution >= 0.6 is 0 Å². The van der Waals surface area contributed by atoms with Gasteiger partial charge in [0.2, 0.25) is 0 Å². The normalized spacial score (nSPS) is 22.6. The van der Waals surface area contributed by atoms with Gasteiger partial charge in [-0.2, -0.15) is 0 Å². The number of hydrogen-bond acceptors (Lipinski definition) is 2. The lowest BCUT2D eigenvalue weighted by Crippen LogP contribution is -2.40. The van der Waals surface area contributed by atoms with Gasteiger partial charge in [-0.25, -0.2) is 0 Å². The molecule has 98 valence electrons. The van der Waals surface area contributed by atoms with Crippen molar-refractivity contribution in [1.82, 2.24) is 4.90 Å². The Morgan fingerprint density at radius 2 is 2.17 bits per heavy atom. The predicted molar refractivity (Wildman–Crippen MR) is 71.4 cm³/mol. The fourth-order valence-corrected chi connectivity index (χ4v) is 2.87. The minimum atomic E-state index is -0.650. The van der Waals surface area contributed by atoms with E-state index in [1.807, 2.05) is 6.07 Å². The predicted octanol–water partition coefficient (Wildman–Crippen LogP) is 2.93. The number of rotatable bonds is 4. The van der Waals surface area contributed by atoms with Crippen molar-refractivity contribution in [2.24, 2.45) is 5.92 Å². The van der Waals surface area contributed by atoms with E-state index in [0.29, 0.717) is 12.6 Å². The van der Waals surface area contributed by atoms with Crippen molar-refractivity contribution in [2.75, 3.05) is 13.1 Å². The monoisotopic (exact) mass is 247 g/mol. The summed E-state index contributed by atoms with van der Waals surface area (Å²) in [5.41, 5.74) is 1.30. The summed E-state index contributed by atoms with van der Waals surface area (Å²) in [4.78, 5) is 13.5. The Morgan fingerprint density at radius 1 is 1.44 bits per heavy atom. The lowest BCUT2D eigenvalue weighted by Gasteiger charge is -2.37. The Labute approximate surface area is 108 Å². The maximum Gasteiger partial charge on any atom is 0.307 e. The van der Waals surface area contributed by atoms with Gasteiger partial charge in [-0.3, -0.25) is 9.69 Å². The van der Waals surface area contributed by atoms with Crippen LogP contribution in [-0.2, 0) is 4.79 Å². The first-order valence-corrected chi connectivity index (χ1v) is 6.74. The van der Waals surface area contributed by atoms with E-state index in [1.54, 1.807) is 0 Å². The van der Waals surface area contributed by atoms with Crippen LogP contribution in [0.1, 0.15) is 37.8 Å². The molecule has 0 aliphatic carbocycles. The van der Waals surface area contributed by atoms with E-state index in [9.17, 15) is 4.79 Å². The molecule has 0 saturated carbocycles. The van der Waals surface area contributed by atoms with Crippen LogP contribution in [0, 0.1) is 5.92 Å². The van der Waals surface area contributed by atoms with E-state index in [-0.39, 0.29) is 5.92 Å². The van der Waals surface area contributed by atoms with Crippen molar-refractivity contribution in [2.45, 2.75) is 32.2 Å². The largest absolute Gasteiger partial charge is 0.481 e. The highest BCUT2D eigenvalue weighted by molar-refractivity contribution is 5.70. The molecule has 2 rings (SSSR count).